The summed E-state index contributed by atoms with van der Waals surface area (Å²) in [6, 6.07) is 21.0. The minimum Gasteiger partial charge on any atom is -0.480 e. The van der Waals surface area contributed by atoms with E-state index >= 15 is 0 Å². The average Bonchev–Trinajstić information content (AvgIpc) is 3.10. The van der Waals surface area contributed by atoms with E-state index in [1.807, 2.05) is 42.5 Å². The molecule has 6 heteroatoms. The summed E-state index contributed by atoms with van der Waals surface area (Å²) in [5.74, 6) is -1.09. The summed E-state index contributed by atoms with van der Waals surface area (Å²) in [6.45, 7) is 0.388. The largest absolute Gasteiger partial charge is 0.480 e. The van der Waals surface area contributed by atoms with Gasteiger partial charge in [-0.3, -0.25) is 4.90 Å². The zero-order chi connectivity index (χ0) is 21.5. The predicted octanol–water partition coefficient (Wildman–Crippen LogP) is 5.21. The molecule has 0 radical (unpaired) electrons. The molecule has 0 fully saturated rings. The lowest BCUT2D eigenvalue weighted by atomic mass is 9.94. The number of hydrogen-bond donors (Lipinski definition) is 1. The van der Waals surface area contributed by atoms with E-state index in [2.05, 4.69) is 40.2 Å². The molecular weight excluding hydrogens is 458 g/mol. The highest BCUT2D eigenvalue weighted by atomic mass is 79.9. The number of rotatable bonds is 3. The maximum absolute atomic E-state index is 13.0. The molecule has 1 heterocycles. The van der Waals surface area contributed by atoms with Gasteiger partial charge < -0.3 is 9.84 Å². The van der Waals surface area contributed by atoms with Crippen molar-refractivity contribution >= 4 is 28.0 Å². The highest BCUT2D eigenvalue weighted by Crippen LogP contribution is 2.44. The van der Waals surface area contributed by atoms with E-state index in [-0.39, 0.29) is 25.5 Å². The third-order valence-electron chi connectivity index (χ3n) is 6.15. The summed E-state index contributed by atoms with van der Waals surface area (Å²) >= 11 is 3.43. The molecular formula is C25H20BrNO4. The number of carbonyl (C=O) groups is 2. The van der Waals surface area contributed by atoms with Crippen molar-refractivity contribution in [2.75, 3.05) is 6.61 Å². The van der Waals surface area contributed by atoms with E-state index in [0.717, 1.165) is 37.9 Å². The number of hydrogen-bond acceptors (Lipinski definition) is 3. The minimum absolute atomic E-state index is 0.0624. The molecule has 2 aliphatic rings. The van der Waals surface area contributed by atoms with Crippen molar-refractivity contribution < 1.29 is 19.4 Å². The first-order chi connectivity index (χ1) is 15.0. The van der Waals surface area contributed by atoms with E-state index in [1.54, 1.807) is 0 Å². The second-order valence-corrected chi connectivity index (χ2v) is 8.82. The Balaban J connectivity index is 1.38. The van der Waals surface area contributed by atoms with Crippen molar-refractivity contribution in [2.45, 2.75) is 24.9 Å². The number of amides is 1. The zero-order valence-corrected chi connectivity index (χ0v) is 18.2. The monoisotopic (exact) mass is 477 g/mol. The Morgan fingerprint density at radius 2 is 1.61 bits per heavy atom. The van der Waals surface area contributed by atoms with Crippen LogP contribution < -0.4 is 0 Å². The number of carboxylic acids is 1. The van der Waals surface area contributed by atoms with Crippen molar-refractivity contribution in [2.24, 2.45) is 0 Å². The number of carbonyl (C=O) groups excluding carboxylic acids is 1. The highest BCUT2D eigenvalue weighted by molar-refractivity contribution is 9.10. The van der Waals surface area contributed by atoms with Crippen LogP contribution in [0.15, 0.2) is 71.2 Å². The smallest absolute Gasteiger partial charge is 0.410 e. The average molecular weight is 478 g/mol. The number of aliphatic carboxylic acids is 1. The molecule has 0 saturated carbocycles. The van der Waals surface area contributed by atoms with Gasteiger partial charge in [-0.15, -0.1) is 0 Å². The van der Waals surface area contributed by atoms with E-state index in [0.29, 0.717) is 0 Å². The van der Waals surface area contributed by atoms with E-state index in [1.165, 1.54) is 4.90 Å². The fourth-order valence-corrected chi connectivity index (χ4v) is 5.05. The molecule has 0 aromatic heterocycles. The van der Waals surface area contributed by atoms with Crippen LogP contribution in [0.1, 0.15) is 28.2 Å². The van der Waals surface area contributed by atoms with Gasteiger partial charge in [0.1, 0.15) is 12.6 Å². The van der Waals surface area contributed by atoms with Gasteiger partial charge in [0.15, 0.2) is 0 Å². The molecule has 0 saturated heterocycles. The number of ether oxygens (including phenoxy) is 1. The van der Waals surface area contributed by atoms with Gasteiger partial charge in [-0.25, -0.2) is 9.59 Å². The van der Waals surface area contributed by atoms with Gasteiger partial charge in [-0.1, -0.05) is 70.5 Å². The Labute approximate surface area is 188 Å². The number of nitrogens with zero attached hydrogens (tertiary/aromatic N) is 1. The molecule has 31 heavy (non-hydrogen) atoms. The van der Waals surface area contributed by atoms with Gasteiger partial charge in [0.05, 0.1) is 6.54 Å². The maximum atomic E-state index is 13.0. The lowest BCUT2D eigenvalue weighted by Crippen LogP contribution is -2.49. The van der Waals surface area contributed by atoms with Gasteiger partial charge in [-0.05, 0) is 45.5 Å². The van der Waals surface area contributed by atoms with Crippen LogP contribution in [-0.4, -0.2) is 34.7 Å². The zero-order valence-electron chi connectivity index (χ0n) is 16.6. The Hall–Kier alpha value is -3.12. The van der Waals surface area contributed by atoms with Gasteiger partial charge in [-0.2, -0.15) is 0 Å². The quantitative estimate of drug-likeness (QED) is 0.562. The molecule has 5 nitrogen and oxygen atoms in total. The Kier molecular flexibility index (Phi) is 5.02. The number of fused-ring (bicyclic) bond motifs is 4. The minimum atomic E-state index is -1.03. The number of carboxylic acid groups (broad SMARTS) is 1. The topological polar surface area (TPSA) is 66.8 Å². The van der Waals surface area contributed by atoms with Crippen molar-refractivity contribution in [3.8, 4) is 11.1 Å². The summed E-state index contributed by atoms with van der Waals surface area (Å²) in [7, 11) is 0. The van der Waals surface area contributed by atoms with Crippen LogP contribution >= 0.6 is 15.9 Å². The summed E-state index contributed by atoms with van der Waals surface area (Å²) in [4.78, 5) is 26.2. The molecule has 0 spiro atoms. The Bertz CT molecular complexity index is 1150. The second-order valence-electron chi connectivity index (χ2n) is 7.90. The predicted molar refractivity (Wildman–Crippen MR) is 120 cm³/mol. The molecule has 1 atom stereocenters. The van der Waals surface area contributed by atoms with E-state index in [9.17, 15) is 14.7 Å². The molecule has 0 unspecified atom stereocenters. The summed E-state index contributed by atoms with van der Waals surface area (Å²) in [5.41, 5.74) is 6.43. The van der Waals surface area contributed by atoms with E-state index < -0.39 is 18.1 Å². The first-order valence-electron chi connectivity index (χ1n) is 10.1. The van der Waals surface area contributed by atoms with Crippen LogP contribution in [0.5, 0.6) is 0 Å². The standard InChI is InChI=1S/C25H20BrNO4/c26-17-10-9-15-13-27(23(24(28)29)12-16(15)11-17)25(30)31-14-22-20-7-3-1-5-18(20)19-6-2-4-8-21(19)22/h1-11,22-23H,12-14H2,(H,28,29)/t23-/m1/s1. The van der Waals surface area contributed by atoms with Crippen LogP contribution in [0.25, 0.3) is 11.1 Å². The number of benzene rings is 3. The third kappa shape index (κ3) is 3.51. The van der Waals surface area contributed by atoms with Crippen molar-refractivity contribution in [1.82, 2.24) is 4.90 Å². The number of halogens is 1. The van der Waals surface area contributed by atoms with Crippen molar-refractivity contribution in [3.05, 3.63) is 93.5 Å². The molecule has 1 aliphatic carbocycles. The fraction of sp³-hybridized carbons (Fsp3) is 0.200. The first-order valence-corrected chi connectivity index (χ1v) is 10.9. The molecule has 3 aromatic rings. The second kappa shape index (κ2) is 7.85. The lowest BCUT2D eigenvalue weighted by Gasteiger charge is -2.34. The highest BCUT2D eigenvalue weighted by Gasteiger charge is 2.37. The van der Waals surface area contributed by atoms with Crippen LogP contribution in [0.3, 0.4) is 0 Å². The SMILES string of the molecule is O=C(O)[C@H]1Cc2cc(Br)ccc2CN1C(=O)OCC1c2ccccc2-c2ccccc21. The molecule has 5 rings (SSSR count). The van der Waals surface area contributed by atoms with Gasteiger partial charge >= 0.3 is 12.1 Å². The Morgan fingerprint density at radius 3 is 2.26 bits per heavy atom. The summed E-state index contributed by atoms with van der Waals surface area (Å²) in [6.07, 6.45) is -0.336. The van der Waals surface area contributed by atoms with Crippen LogP contribution in [0, 0.1) is 0 Å². The molecule has 1 amide bonds. The molecule has 1 aliphatic heterocycles. The van der Waals surface area contributed by atoms with Gasteiger partial charge in [0, 0.05) is 16.8 Å². The van der Waals surface area contributed by atoms with Crippen LogP contribution in [-0.2, 0) is 22.5 Å². The normalized spacial score (nSPS) is 16.9. The van der Waals surface area contributed by atoms with Crippen LogP contribution in [0.2, 0.25) is 0 Å². The van der Waals surface area contributed by atoms with E-state index in [4.69, 9.17) is 4.74 Å². The van der Waals surface area contributed by atoms with Crippen molar-refractivity contribution in [3.63, 3.8) is 0 Å². The first kappa shape index (κ1) is 19.8. The van der Waals surface area contributed by atoms with Crippen LogP contribution in [0.4, 0.5) is 4.79 Å². The lowest BCUT2D eigenvalue weighted by molar-refractivity contribution is -0.143. The summed E-state index contributed by atoms with van der Waals surface area (Å²) in [5, 5.41) is 9.73. The molecule has 0 bridgehead atoms. The maximum Gasteiger partial charge on any atom is 0.410 e. The third-order valence-corrected chi connectivity index (χ3v) is 6.65. The van der Waals surface area contributed by atoms with Gasteiger partial charge in [0.2, 0.25) is 0 Å². The Morgan fingerprint density at radius 1 is 0.968 bits per heavy atom. The molecule has 156 valence electrons. The molecule has 1 N–H and O–H groups in total. The summed E-state index contributed by atoms with van der Waals surface area (Å²) < 4.78 is 6.61. The van der Waals surface area contributed by atoms with Crippen molar-refractivity contribution in [1.29, 1.82) is 0 Å². The fourth-order valence-electron chi connectivity index (χ4n) is 4.64. The molecule has 3 aromatic carbocycles. The van der Waals surface area contributed by atoms with Gasteiger partial charge in [0.25, 0.3) is 0 Å².